The van der Waals surface area contributed by atoms with Crippen molar-refractivity contribution in [3.63, 3.8) is 0 Å². The minimum atomic E-state index is 0.561. The van der Waals surface area contributed by atoms with Gasteiger partial charge in [0.2, 0.25) is 0 Å². The molecular formula is C98H50. The molecule has 442 valence electrons. The van der Waals surface area contributed by atoms with E-state index >= 15 is 0 Å². The molecule has 0 radical (unpaired) electrons. The van der Waals surface area contributed by atoms with Crippen molar-refractivity contribution in [3.8, 4) is 259 Å². The first-order valence-corrected chi connectivity index (χ1v) is 31.0. The zero-order chi connectivity index (χ0) is 68.1. The van der Waals surface area contributed by atoms with Crippen molar-refractivity contribution in [3.05, 3.63) is 297 Å². The third-order valence-corrected chi connectivity index (χ3v) is 18.0. The van der Waals surface area contributed by atoms with Crippen LogP contribution in [0.3, 0.4) is 0 Å². The number of benzene rings is 13. The minimum absolute atomic E-state index is 0.561. The van der Waals surface area contributed by atoms with Gasteiger partial charge in [-0.1, -0.05) is 217 Å². The topological polar surface area (TPSA) is 0 Å². The molecule has 0 spiro atoms. The zero-order valence-electron chi connectivity index (χ0n) is 52.9. The molecule has 0 aliphatic carbocycles. The van der Waals surface area contributed by atoms with Crippen LogP contribution in [-0.4, -0.2) is 0 Å². The zero-order valence-corrected chi connectivity index (χ0v) is 52.9. The SMILES string of the molecule is C#Cc1cccc(-c2cc(-c3ccc(-c4cccc(C#C)c4C#C)c(-c4cccc(C#C)c4C#C)c3)cc(-c3c4ccccc4c(-c4cc(-c5ccc(-c6cccc(C#C)c6C#C)c(-c6cccc(C#C)c6C#C)c5)cc(-c5cccc(C#C)c5C#C)c4)c4ccccc34)c2)c1C#C. The summed E-state index contributed by atoms with van der Waals surface area (Å²) in [6.45, 7) is 0. The molecule has 0 atom stereocenters. The highest BCUT2D eigenvalue weighted by molar-refractivity contribution is 6.22. The molecule has 0 heterocycles. The number of fused-ring (bicyclic) bond motifs is 2. The van der Waals surface area contributed by atoms with Gasteiger partial charge in [-0.2, -0.15) is 0 Å². The summed E-state index contributed by atoms with van der Waals surface area (Å²) in [6.07, 6.45) is 75.0. The third kappa shape index (κ3) is 10.6. The van der Waals surface area contributed by atoms with E-state index in [1.807, 2.05) is 109 Å². The van der Waals surface area contributed by atoms with E-state index in [-0.39, 0.29) is 0 Å². The molecule has 0 heteroatoms. The van der Waals surface area contributed by atoms with E-state index in [1.54, 1.807) is 0 Å². The maximum atomic E-state index is 6.42. The van der Waals surface area contributed by atoms with Crippen LogP contribution in [0.15, 0.2) is 231 Å². The van der Waals surface area contributed by atoms with E-state index in [2.05, 4.69) is 192 Å². The lowest BCUT2D eigenvalue weighted by Crippen LogP contribution is -1.97. The van der Waals surface area contributed by atoms with Crippen molar-refractivity contribution in [1.82, 2.24) is 0 Å². The molecular weight excluding hydrogens is 1180 g/mol. The van der Waals surface area contributed by atoms with Crippen LogP contribution in [0.25, 0.3) is 133 Å². The van der Waals surface area contributed by atoms with Crippen LogP contribution in [0.5, 0.6) is 0 Å². The summed E-state index contributed by atoms with van der Waals surface area (Å²) < 4.78 is 0. The van der Waals surface area contributed by atoms with E-state index in [1.165, 1.54) is 0 Å². The van der Waals surface area contributed by atoms with Crippen molar-refractivity contribution in [2.45, 2.75) is 0 Å². The Labute approximate surface area is 574 Å². The fraction of sp³-hybridized carbons (Fsp3) is 0. The molecule has 0 nitrogen and oxygen atoms in total. The van der Waals surface area contributed by atoms with E-state index in [9.17, 15) is 0 Å². The van der Waals surface area contributed by atoms with Crippen LogP contribution < -0.4 is 0 Å². The third-order valence-electron chi connectivity index (χ3n) is 18.0. The second-order valence-corrected chi connectivity index (χ2v) is 23.1. The summed E-state index contributed by atoms with van der Waals surface area (Å²) in [5.74, 6) is 34.3. The van der Waals surface area contributed by atoms with Gasteiger partial charge in [0.15, 0.2) is 0 Å². The lowest BCUT2D eigenvalue weighted by atomic mass is 9.82. The Bertz CT molecular complexity index is 5750. The lowest BCUT2D eigenvalue weighted by molar-refractivity contribution is 1.51. The van der Waals surface area contributed by atoms with Crippen LogP contribution >= 0.6 is 0 Å². The lowest BCUT2D eigenvalue weighted by Gasteiger charge is -2.21. The summed E-state index contributed by atoms with van der Waals surface area (Å²) in [4.78, 5) is 0. The molecule has 13 aromatic carbocycles. The second-order valence-electron chi connectivity index (χ2n) is 23.1. The van der Waals surface area contributed by atoms with Crippen LogP contribution in [-0.2, 0) is 0 Å². The molecule has 0 saturated carbocycles. The largest absolute Gasteiger partial charge is 0.115 e. The molecule has 0 aliphatic heterocycles. The molecule has 0 bridgehead atoms. The first-order valence-electron chi connectivity index (χ1n) is 31.0. The van der Waals surface area contributed by atoms with Crippen LogP contribution in [0.2, 0.25) is 0 Å². The Morgan fingerprint density at radius 3 is 0.653 bits per heavy atom. The molecule has 98 heavy (non-hydrogen) atoms. The Balaban J connectivity index is 1.11. The smallest absolute Gasteiger partial charge is 0.0477 e. The number of terminal acetylenes is 12. The van der Waals surface area contributed by atoms with E-state index in [0.717, 1.165) is 133 Å². The molecule has 0 fully saturated rings. The standard InChI is InChI=1S/C98H50/c1-13-63-35-29-45-83(77(63)19-7)73-55-71(69-51-53-89(85-47-31-37-65(15-3)79(85)21-9)95(61-69)87-49-33-39-67(17-5)81(87)23-11)57-75(59-73)97-91-41-25-27-43-93(91)98(94-44-28-26-42-92(94)97)76-58-72(56-74(60-76)84-46-30-36-64(14-2)78(84)20-8)70-52-54-90(86-48-32-38-66(16-4)80(86)22-10)96(62-70)88-50-34-40-68(18-6)82(88)24-12/h1-12,25-62H. The summed E-state index contributed by atoms with van der Waals surface area (Å²) in [5, 5.41) is 3.89. The molecule has 0 saturated heterocycles. The molecule has 13 rings (SSSR count). The van der Waals surface area contributed by atoms with Gasteiger partial charge < -0.3 is 0 Å². The predicted octanol–water partition coefficient (Wildman–Crippen LogP) is 20.4. The van der Waals surface area contributed by atoms with Crippen molar-refractivity contribution in [2.24, 2.45) is 0 Å². The van der Waals surface area contributed by atoms with Crippen molar-refractivity contribution < 1.29 is 0 Å². The van der Waals surface area contributed by atoms with Gasteiger partial charge in [0.05, 0.1) is 0 Å². The Hall–Kier alpha value is -14.9. The van der Waals surface area contributed by atoms with Gasteiger partial charge >= 0.3 is 0 Å². The van der Waals surface area contributed by atoms with Gasteiger partial charge in [0, 0.05) is 66.8 Å². The second kappa shape index (κ2) is 26.4. The maximum absolute atomic E-state index is 6.42. The number of hydrogen-bond donors (Lipinski definition) is 0. The summed E-state index contributed by atoms with van der Waals surface area (Å²) in [6, 6.07) is 77.2. The van der Waals surface area contributed by atoms with Gasteiger partial charge in [-0.25, -0.2) is 0 Å². The van der Waals surface area contributed by atoms with Crippen molar-refractivity contribution in [1.29, 1.82) is 0 Å². The first kappa shape index (κ1) is 61.9. The Kier molecular flexibility index (Phi) is 16.7. The number of rotatable bonds is 10. The van der Waals surface area contributed by atoms with Crippen LogP contribution in [0.4, 0.5) is 0 Å². The van der Waals surface area contributed by atoms with Gasteiger partial charge in [-0.05, 0) is 218 Å². The summed E-state index contributed by atoms with van der Waals surface area (Å²) in [7, 11) is 0. The molecule has 13 aromatic rings. The van der Waals surface area contributed by atoms with Gasteiger partial charge in [0.25, 0.3) is 0 Å². The quantitative estimate of drug-likeness (QED) is 0.0946. The molecule has 0 N–H and O–H groups in total. The van der Waals surface area contributed by atoms with Crippen LogP contribution in [0, 0.1) is 148 Å². The minimum Gasteiger partial charge on any atom is -0.115 e. The maximum Gasteiger partial charge on any atom is 0.0477 e. The predicted molar refractivity (Wildman–Crippen MR) is 411 cm³/mol. The first-order chi connectivity index (χ1) is 48.1. The fourth-order valence-corrected chi connectivity index (χ4v) is 13.6. The average Bonchev–Trinajstić information content (AvgIpc) is 0.734. The summed E-state index contributed by atoms with van der Waals surface area (Å²) in [5.41, 5.74) is 23.6. The van der Waals surface area contributed by atoms with Crippen molar-refractivity contribution in [2.75, 3.05) is 0 Å². The molecule has 0 aromatic heterocycles. The van der Waals surface area contributed by atoms with E-state index in [4.69, 9.17) is 77.1 Å². The molecule has 0 amide bonds. The Morgan fingerprint density at radius 1 is 0.153 bits per heavy atom. The van der Waals surface area contributed by atoms with E-state index in [0.29, 0.717) is 66.8 Å². The highest BCUT2D eigenvalue weighted by Crippen LogP contribution is 2.49. The van der Waals surface area contributed by atoms with Crippen LogP contribution in [0.1, 0.15) is 66.8 Å². The number of hydrogen-bond acceptors (Lipinski definition) is 0. The highest BCUT2D eigenvalue weighted by Gasteiger charge is 2.25. The van der Waals surface area contributed by atoms with Gasteiger partial charge in [0.1, 0.15) is 0 Å². The normalized spacial score (nSPS) is 10.3. The fourth-order valence-electron chi connectivity index (χ4n) is 13.6. The average molecular weight is 1230 g/mol. The highest BCUT2D eigenvalue weighted by atomic mass is 14.3. The Morgan fingerprint density at radius 2 is 0.388 bits per heavy atom. The van der Waals surface area contributed by atoms with E-state index < -0.39 is 0 Å². The molecule has 0 aliphatic rings. The molecule has 0 unspecified atom stereocenters. The van der Waals surface area contributed by atoms with Crippen molar-refractivity contribution >= 4 is 21.5 Å². The monoisotopic (exact) mass is 1230 g/mol. The van der Waals surface area contributed by atoms with Gasteiger partial charge in [-0.15, -0.1) is 77.1 Å². The van der Waals surface area contributed by atoms with Gasteiger partial charge in [-0.3, -0.25) is 0 Å². The summed E-state index contributed by atoms with van der Waals surface area (Å²) >= 11 is 0.